The van der Waals surface area contributed by atoms with Gasteiger partial charge < -0.3 is 11.5 Å². The predicted molar refractivity (Wildman–Crippen MR) is 66.7 cm³/mol. The average Bonchev–Trinajstić information content (AvgIpc) is 2.34. The summed E-state index contributed by atoms with van der Waals surface area (Å²) < 4.78 is 38.9. The van der Waals surface area contributed by atoms with Crippen LogP contribution in [0, 0.1) is 17.7 Å². The van der Waals surface area contributed by atoms with Crippen LogP contribution in [0.1, 0.15) is 5.56 Å². The SMILES string of the molecule is NCC#Cc1ccc(S(=O)(=O)NCC(N)=O)c(F)c1. The largest absolute Gasteiger partial charge is 0.369 e. The fourth-order valence-electron chi connectivity index (χ4n) is 1.19. The van der Waals surface area contributed by atoms with Crippen LogP contribution in [0.5, 0.6) is 0 Å². The Balaban J connectivity index is 3.05. The number of hydrogen-bond donors (Lipinski definition) is 3. The van der Waals surface area contributed by atoms with Crippen molar-refractivity contribution >= 4 is 15.9 Å². The van der Waals surface area contributed by atoms with E-state index in [9.17, 15) is 17.6 Å². The standard InChI is InChI=1S/C11H12FN3O3S/c12-9-6-8(2-1-5-13)3-4-10(9)19(17,18)15-7-11(14)16/h3-4,6,15H,5,7,13H2,(H2,14,16). The fraction of sp³-hybridized carbons (Fsp3) is 0.182. The Bertz CT molecular complexity index is 647. The van der Waals surface area contributed by atoms with Gasteiger partial charge in [0.1, 0.15) is 10.7 Å². The van der Waals surface area contributed by atoms with Crippen LogP contribution in [0.15, 0.2) is 23.1 Å². The molecule has 1 aromatic rings. The Hall–Kier alpha value is -1.95. The second-order valence-corrected chi connectivity index (χ2v) is 5.18. The molecule has 0 saturated carbocycles. The number of nitrogens with one attached hydrogen (secondary N) is 1. The lowest BCUT2D eigenvalue weighted by atomic mass is 10.2. The summed E-state index contributed by atoms with van der Waals surface area (Å²) in [5, 5.41) is 0. The van der Waals surface area contributed by atoms with Gasteiger partial charge in [-0.1, -0.05) is 11.8 Å². The quantitative estimate of drug-likeness (QED) is 0.609. The third-order valence-electron chi connectivity index (χ3n) is 1.99. The molecule has 0 aliphatic rings. The van der Waals surface area contributed by atoms with E-state index in [1.54, 1.807) is 0 Å². The number of benzene rings is 1. The minimum absolute atomic E-state index is 0.113. The Labute approximate surface area is 110 Å². The van der Waals surface area contributed by atoms with Gasteiger partial charge in [0, 0.05) is 5.56 Å². The van der Waals surface area contributed by atoms with Crippen LogP contribution in [0.25, 0.3) is 0 Å². The highest BCUT2D eigenvalue weighted by Gasteiger charge is 2.19. The lowest BCUT2D eigenvalue weighted by Gasteiger charge is -2.06. The van der Waals surface area contributed by atoms with Crippen molar-refractivity contribution in [2.45, 2.75) is 4.90 Å². The van der Waals surface area contributed by atoms with Crippen molar-refractivity contribution in [3.05, 3.63) is 29.6 Å². The van der Waals surface area contributed by atoms with E-state index < -0.39 is 33.2 Å². The number of sulfonamides is 1. The Morgan fingerprint density at radius 2 is 2.11 bits per heavy atom. The lowest BCUT2D eigenvalue weighted by molar-refractivity contribution is -0.116. The molecule has 5 N–H and O–H groups in total. The van der Waals surface area contributed by atoms with Crippen LogP contribution in [0.4, 0.5) is 4.39 Å². The van der Waals surface area contributed by atoms with Crippen LogP contribution >= 0.6 is 0 Å². The molecule has 0 fully saturated rings. The van der Waals surface area contributed by atoms with Gasteiger partial charge in [-0.2, -0.15) is 0 Å². The zero-order chi connectivity index (χ0) is 14.5. The van der Waals surface area contributed by atoms with Gasteiger partial charge in [0.25, 0.3) is 0 Å². The molecule has 1 amide bonds. The maximum Gasteiger partial charge on any atom is 0.243 e. The van der Waals surface area contributed by atoms with E-state index in [0.717, 1.165) is 12.1 Å². The van der Waals surface area contributed by atoms with Crippen LogP contribution < -0.4 is 16.2 Å². The summed E-state index contributed by atoms with van der Waals surface area (Å²) in [5.74, 6) is 3.25. The zero-order valence-corrected chi connectivity index (χ0v) is 10.6. The van der Waals surface area contributed by atoms with Crippen LogP contribution in [-0.4, -0.2) is 27.4 Å². The summed E-state index contributed by atoms with van der Waals surface area (Å²) in [7, 11) is -4.12. The van der Waals surface area contributed by atoms with Crippen LogP contribution in [0.2, 0.25) is 0 Å². The van der Waals surface area contributed by atoms with Crippen LogP contribution in [-0.2, 0) is 14.8 Å². The highest BCUT2D eigenvalue weighted by Crippen LogP contribution is 2.15. The van der Waals surface area contributed by atoms with Gasteiger partial charge in [0.2, 0.25) is 15.9 Å². The molecule has 0 heterocycles. The molecule has 0 saturated heterocycles. The second-order valence-electron chi connectivity index (χ2n) is 3.44. The van der Waals surface area contributed by atoms with E-state index in [0.29, 0.717) is 5.56 Å². The molecular formula is C11H12FN3O3S. The van der Waals surface area contributed by atoms with Crippen molar-refractivity contribution in [2.24, 2.45) is 11.5 Å². The highest BCUT2D eigenvalue weighted by molar-refractivity contribution is 7.89. The zero-order valence-electron chi connectivity index (χ0n) is 9.81. The van der Waals surface area contributed by atoms with E-state index in [1.165, 1.54) is 6.07 Å². The van der Waals surface area contributed by atoms with Gasteiger partial charge in [-0.05, 0) is 18.2 Å². The minimum Gasteiger partial charge on any atom is -0.369 e. The minimum atomic E-state index is -4.12. The van der Waals surface area contributed by atoms with Gasteiger partial charge in [-0.25, -0.2) is 17.5 Å². The Morgan fingerprint density at radius 1 is 1.42 bits per heavy atom. The van der Waals surface area contributed by atoms with E-state index in [2.05, 4.69) is 11.8 Å². The average molecular weight is 285 g/mol. The summed E-state index contributed by atoms with van der Waals surface area (Å²) in [6.45, 7) is -0.488. The molecule has 0 aliphatic heterocycles. The van der Waals surface area contributed by atoms with Gasteiger partial charge >= 0.3 is 0 Å². The molecule has 102 valence electrons. The second kappa shape index (κ2) is 6.29. The lowest BCUT2D eigenvalue weighted by Crippen LogP contribution is -2.33. The molecule has 8 heteroatoms. The number of hydrogen-bond acceptors (Lipinski definition) is 4. The molecule has 1 aromatic carbocycles. The van der Waals surface area contributed by atoms with Gasteiger partial charge in [-0.15, -0.1) is 0 Å². The van der Waals surface area contributed by atoms with E-state index in [4.69, 9.17) is 11.5 Å². The van der Waals surface area contributed by atoms with Crippen LogP contribution in [0.3, 0.4) is 0 Å². The first-order valence-corrected chi connectivity index (χ1v) is 6.61. The van der Waals surface area contributed by atoms with Crippen molar-refractivity contribution in [3.8, 4) is 11.8 Å². The molecular weight excluding hydrogens is 273 g/mol. The van der Waals surface area contributed by atoms with Gasteiger partial charge in [0.05, 0.1) is 13.1 Å². The first kappa shape index (κ1) is 15.1. The molecule has 0 bridgehead atoms. The molecule has 0 atom stereocenters. The smallest absolute Gasteiger partial charge is 0.243 e. The Kier molecular flexibility index (Phi) is 5.00. The fourth-order valence-corrected chi connectivity index (χ4v) is 2.24. The normalized spacial score (nSPS) is 10.6. The number of amides is 1. The van der Waals surface area contributed by atoms with E-state index in [1.807, 2.05) is 4.72 Å². The number of primary amides is 1. The number of nitrogens with two attached hydrogens (primary N) is 2. The van der Waals surface area contributed by atoms with Crippen molar-refractivity contribution in [2.75, 3.05) is 13.1 Å². The molecule has 0 spiro atoms. The third-order valence-corrected chi connectivity index (χ3v) is 3.43. The molecule has 0 unspecified atom stereocenters. The number of rotatable bonds is 4. The summed E-state index contributed by atoms with van der Waals surface area (Å²) in [6, 6.07) is 3.37. The molecule has 19 heavy (non-hydrogen) atoms. The first-order valence-electron chi connectivity index (χ1n) is 5.13. The van der Waals surface area contributed by atoms with Crippen molar-refractivity contribution in [3.63, 3.8) is 0 Å². The van der Waals surface area contributed by atoms with Gasteiger partial charge in [0.15, 0.2) is 0 Å². The molecule has 6 nitrogen and oxygen atoms in total. The molecule has 0 aliphatic carbocycles. The highest BCUT2D eigenvalue weighted by atomic mass is 32.2. The molecule has 0 aromatic heterocycles. The maximum atomic E-state index is 13.7. The summed E-state index contributed by atoms with van der Waals surface area (Å²) in [6.07, 6.45) is 0. The third kappa shape index (κ3) is 4.33. The molecule has 1 rings (SSSR count). The Morgan fingerprint density at radius 3 is 2.63 bits per heavy atom. The summed E-state index contributed by atoms with van der Waals surface area (Å²) >= 11 is 0. The van der Waals surface area contributed by atoms with Gasteiger partial charge in [-0.3, -0.25) is 4.79 Å². The monoisotopic (exact) mass is 285 g/mol. The van der Waals surface area contributed by atoms with E-state index in [-0.39, 0.29) is 6.54 Å². The van der Waals surface area contributed by atoms with E-state index >= 15 is 0 Å². The molecule has 0 radical (unpaired) electrons. The van der Waals surface area contributed by atoms with Crippen molar-refractivity contribution in [1.82, 2.24) is 4.72 Å². The maximum absolute atomic E-state index is 13.7. The number of carbonyl (C=O) groups is 1. The van der Waals surface area contributed by atoms with Crippen molar-refractivity contribution < 1.29 is 17.6 Å². The number of halogens is 1. The topological polar surface area (TPSA) is 115 Å². The summed E-state index contributed by atoms with van der Waals surface area (Å²) in [4.78, 5) is 9.93. The summed E-state index contributed by atoms with van der Waals surface area (Å²) in [5.41, 5.74) is 10.3. The van der Waals surface area contributed by atoms with Crippen molar-refractivity contribution in [1.29, 1.82) is 0 Å². The predicted octanol–water partition coefficient (Wildman–Crippen LogP) is -1.10. The first-order chi connectivity index (χ1) is 8.86. The number of carbonyl (C=O) groups excluding carboxylic acids is 1.